The van der Waals surface area contributed by atoms with Gasteiger partial charge in [0.2, 0.25) is 0 Å². The summed E-state index contributed by atoms with van der Waals surface area (Å²) < 4.78 is 0. The minimum atomic E-state index is 0.115. The predicted octanol–water partition coefficient (Wildman–Crippen LogP) is 3.25. The Kier molecular flexibility index (Phi) is 4.35. The first-order valence-electron chi connectivity index (χ1n) is 5.46. The van der Waals surface area contributed by atoms with Gasteiger partial charge >= 0.3 is 0 Å². The van der Waals surface area contributed by atoms with E-state index in [0.29, 0.717) is 11.8 Å². The van der Waals surface area contributed by atoms with Crippen LogP contribution in [0.5, 0.6) is 5.75 Å². The molecule has 15 heavy (non-hydrogen) atoms. The number of carbonyl (C=O) groups is 1. The molecule has 0 aliphatic heterocycles. The van der Waals surface area contributed by atoms with Crippen LogP contribution in [0.15, 0.2) is 12.1 Å². The molecule has 82 valence electrons. The number of carbonyl (C=O) groups excluding carboxylic acids is 1. The van der Waals surface area contributed by atoms with Gasteiger partial charge in [-0.25, -0.2) is 0 Å². The molecule has 0 unspecified atom stereocenters. The van der Waals surface area contributed by atoms with Gasteiger partial charge in [0.05, 0.1) is 5.56 Å². The molecule has 0 aliphatic carbocycles. The zero-order valence-electron chi connectivity index (χ0n) is 9.42. The molecular formula is C13H18O2. The lowest BCUT2D eigenvalue weighted by Gasteiger charge is -2.06. The predicted molar refractivity (Wildman–Crippen MR) is 61.5 cm³/mol. The van der Waals surface area contributed by atoms with Gasteiger partial charge in [0.15, 0.2) is 6.29 Å². The highest BCUT2D eigenvalue weighted by Gasteiger charge is 2.05. The maximum absolute atomic E-state index is 10.7. The molecule has 0 bridgehead atoms. The Morgan fingerprint density at radius 3 is 2.67 bits per heavy atom. The van der Waals surface area contributed by atoms with E-state index in [4.69, 9.17) is 0 Å². The van der Waals surface area contributed by atoms with E-state index >= 15 is 0 Å². The van der Waals surface area contributed by atoms with E-state index in [1.807, 2.05) is 13.0 Å². The van der Waals surface area contributed by atoms with E-state index in [-0.39, 0.29) is 5.75 Å². The third-order valence-corrected chi connectivity index (χ3v) is 2.59. The molecule has 0 saturated carbocycles. The molecule has 0 aromatic heterocycles. The Labute approximate surface area is 90.9 Å². The maximum Gasteiger partial charge on any atom is 0.153 e. The molecule has 0 radical (unpaired) electrons. The summed E-state index contributed by atoms with van der Waals surface area (Å²) in [5, 5.41) is 9.56. The normalized spacial score (nSPS) is 10.3. The summed E-state index contributed by atoms with van der Waals surface area (Å²) in [5.41, 5.74) is 2.33. The number of hydrogen-bond donors (Lipinski definition) is 1. The molecule has 0 heterocycles. The van der Waals surface area contributed by atoms with Gasteiger partial charge in [-0.15, -0.1) is 0 Å². The summed E-state index contributed by atoms with van der Waals surface area (Å²) in [7, 11) is 0. The number of unbranched alkanes of at least 4 members (excludes halogenated alkanes) is 2. The number of benzene rings is 1. The summed E-state index contributed by atoms with van der Waals surface area (Å²) >= 11 is 0. The molecule has 1 aromatic rings. The van der Waals surface area contributed by atoms with E-state index in [1.165, 1.54) is 12.8 Å². The summed E-state index contributed by atoms with van der Waals surface area (Å²) in [5.74, 6) is 0.115. The van der Waals surface area contributed by atoms with Gasteiger partial charge < -0.3 is 5.11 Å². The molecule has 1 aromatic carbocycles. The van der Waals surface area contributed by atoms with Gasteiger partial charge in [0.25, 0.3) is 0 Å². The highest BCUT2D eigenvalue weighted by atomic mass is 16.3. The first-order valence-corrected chi connectivity index (χ1v) is 5.46. The molecule has 1 rings (SSSR count). The van der Waals surface area contributed by atoms with Crippen molar-refractivity contribution in [3.8, 4) is 5.75 Å². The average Bonchev–Trinajstić information content (AvgIpc) is 2.23. The number of phenolic OH excluding ortho intramolecular Hbond substituents is 1. The van der Waals surface area contributed by atoms with Crippen LogP contribution in [0.25, 0.3) is 0 Å². The zero-order valence-corrected chi connectivity index (χ0v) is 9.42. The van der Waals surface area contributed by atoms with Crippen molar-refractivity contribution in [3.63, 3.8) is 0 Å². The molecule has 0 spiro atoms. The van der Waals surface area contributed by atoms with Crippen molar-refractivity contribution in [1.29, 1.82) is 0 Å². The van der Waals surface area contributed by atoms with Crippen LogP contribution in [0.2, 0.25) is 0 Å². The summed E-state index contributed by atoms with van der Waals surface area (Å²) in [6.07, 6.45) is 5.23. The number of rotatable bonds is 5. The minimum absolute atomic E-state index is 0.115. The second kappa shape index (κ2) is 5.54. The molecule has 0 amide bonds. The van der Waals surface area contributed by atoms with E-state index in [9.17, 15) is 9.90 Å². The molecule has 0 atom stereocenters. The monoisotopic (exact) mass is 206 g/mol. The molecule has 0 aliphatic rings. The highest BCUT2D eigenvalue weighted by molar-refractivity contribution is 5.80. The number of aldehydes is 1. The zero-order chi connectivity index (χ0) is 11.3. The van der Waals surface area contributed by atoms with Crippen LogP contribution in [-0.4, -0.2) is 11.4 Å². The lowest BCUT2D eigenvalue weighted by atomic mass is 10.0. The number of aryl methyl sites for hydroxylation is 2. The lowest BCUT2D eigenvalue weighted by Crippen LogP contribution is -1.92. The average molecular weight is 206 g/mol. The van der Waals surface area contributed by atoms with E-state index < -0.39 is 0 Å². The third-order valence-electron chi connectivity index (χ3n) is 2.59. The molecule has 2 heteroatoms. The summed E-state index contributed by atoms with van der Waals surface area (Å²) in [6.45, 7) is 3.99. The second-order valence-corrected chi connectivity index (χ2v) is 3.93. The van der Waals surface area contributed by atoms with Gasteiger partial charge in [-0.05, 0) is 37.0 Å². The van der Waals surface area contributed by atoms with Crippen molar-refractivity contribution in [2.24, 2.45) is 0 Å². The number of aromatic hydroxyl groups is 1. The number of phenols is 1. The van der Waals surface area contributed by atoms with Crippen LogP contribution in [0.1, 0.15) is 47.7 Å². The molecule has 1 N–H and O–H groups in total. The van der Waals surface area contributed by atoms with Gasteiger partial charge in [-0.2, -0.15) is 0 Å². The van der Waals surface area contributed by atoms with Gasteiger partial charge in [-0.1, -0.05) is 25.8 Å². The van der Waals surface area contributed by atoms with Crippen LogP contribution in [0.4, 0.5) is 0 Å². The van der Waals surface area contributed by atoms with Crippen molar-refractivity contribution in [2.45, 2.75) is 39.5 Å². The van der Waals surface area contributed by atoms with Crippen molar-refractivity contribution >= 4 is 6.29 Å². The largest absolute Gasteiger partial charge is 0.507 e. The lowest BCUT2D eigenvalue weighted by molar-refractivity contribution is 0.112. The quantitative estimate of drug-likeness (QED) is 0.593. The maximum atomic E-state index is 10.7. The topological polar surface area (TPSA) is 37.3 Å². The molecule has 0 saturated heterocycles. The fourth-order valence-electron chi connectivity index (χ4n) is 1.70. The van der Waals surface area contributed by atoms with Crippen molar-refractivity contribution in [2.75, 3.05) is 0 Å². The number of hydrogen-bond acceptors (Lipinski definition) is 2. The Hall–Kier alpha value is -1.31. The minimum Gasteiger partial charge on any atom is -0.507 e. The Morgan fingerprint density at radius 1 is 1.33 bits per heavy atom. The van der Waals surface area contributed by atoms with E-state index in [1.54, 1.807) is 6.07 Å². The van der Waals surface area contributed by atoms with E-state index in [2.05, 4.69) is 6.92 Å². The second-order valence-electron chi connectivity index (χ2n) is 3.93. The third kappa shape index (κ3) is 3.08. The Morgan fingerprint density at radius 2 is 2.07 bits per heavy atom. The van der Waals surface area contributed by atoms with Crippen LogP contribution in [-0.2, 0) is 6.42 Å². The molecule has 0 fully saturated rings. The van der Waals surface area contributed by atoms with Crippen LogP contribution < -0.4 is 0 Å². The van der Waals surface area contributed by atoms with Gasteiger partial charge in [-0.3, -0.25) is 4.79 Å². The van der Waals surface area contributed by atoms with Crippen molar-refractivity contribution in [3.05, 3.63) is 28.8 Å². The SMILES string of the molecule is CCCCCc1cc(C)c(O)c(C=O)c1. The van der Waals surface area contributed by atoms with Gasteiger partial charge in [0.1, 0.15) is 5.75 Å². The van der Waals surface area contributed by atoms with Crippen molar-refractivity contribution in [1.82, 2.24) is 0 Å². The van der Waals surface area contributed by atoms with Gasteiger partial charge in [0, 0.05) is 0 Å². The molecular weight excluding hydrogens is 188 g/mol. The van der Waals surface area contributed by atoms with E-state index in [0.717, 1.165) is 24.0 Å². The summed E-state index contributed by atoms with van der Waals surface area (Å²) in [6, 6.07) is 3.74. The van der Waals surface area contributed by atoms with Crippen LogP contribution in [0.3, 0.4) is 0 Å². The Bertz CT molecular complexity index is 343. The first-order chi connectivity index (χ1) is 7.19. The standard InChI is InChI=1S/C13H18O2/c1-3-4-5-6-11-7-10(2)13(15)12(8-11)9-14/h7-9,15H,3-6H2,1-2H3. The molecule has 2 nitrogen and oxygen atoms in total. The Balaban J connectivity index is 2.81. The van der Waals surface area contributed by atoms with Crippen LogP contribution >= 0.6 is 0 Å². The first kappa shape index (κ1) is 11.8. The summed E-state index contributed by atoms with van der Waals surface area (Å²) in [4.78, 5) is 10.7. The smallest absolute Gasteiger partial charge is 0.153 e. The fourth-order valence-corrected chi connectivity index (χ4v) is 1.70. The highest BCUT2D eigenvalue weighted by Crippen LogP contribution is 2.23. The van der Waals surface area contributed by atoms with Crippen molar-refractivity contribution < 1.29 is 9.90 Å². The van der Waals surface area contributed by atoms with Crippen LogP contribution in [0, 0.1) is 6.92 Å². The fraction of sp³-hybridized carbons (Fsp3) is 0.462.